The van der Waals surface area contributed by atoms with Gasteiger partial charge in [-0.2, -0.15) is 0 Å². The third-order valence-corrected chi connectivity index (χ3v) is 8.23. The number of carboxylic acid groups (broad SMARTS) is 1. The van der Waals surface area contributed by atoms with Gasteiger partial charge < -0.3 is 15.3 Å². The summed E-state index contributed by atoms with van der Waals surface area (Å²) in [5, 5.41) is 8.95. The molecule has 3 N–H and O–H groups in total. The molecule has 0 saturated heterocycles. The molecule has 0 radical (unpaired) electrons. The van der Waals surface area contributed by atoms with Gasteiger partial charge >= 0.3 is 5.97 Å². The monoisotopic (exact) mass is 295 g/mol. The van der Waals surface area contributed by atoms with Crippen LogP contribution in [0.25, 0.3) is 0 Å². The molecule has 0 aliphatic rings. The molecule has 1 aromatic carbocycles. The van der Waals surface area contributed by atoms with Crippen molar-refractivity contribution in [3.8, 4) is 5.75 Å². The summed E-state index contributed by atoms with van der Waals surface area (Å²) in [6.45, 7) is 11.0. The van der Waals surface area contributed by atoms with Gasteiger partial charge in [-0.25, -0.2) is 0 Å². The zero-order chi connectivity index (χ0) is 15.6. The average Bonchev–Trinajstić information content (AvgIpc) is 2.29. The van der Waals surface area contributed by atoms with Crippen molar-refractivity contribution in [2.45, 2.75) is 51.4 Å². The average molecular weight is 295 g/mol. The van der Waals surface area contributed by atoms with Gasteiger partial charge in [-0.15, -0.1) is 0 Å². The number of hydrogen-bond donors (Lipinski definition) is 2. The van der Waals surface area contributed by atoms with Crippen molar-refractivity contribution in [3.05, 3.63) is 29.8 Å². The van der Waals surface area contributed by atoms with E-state index in [9.17, 15) is 4.79 Å². The maximum atomic E-state index is 10.7. The van der Waals surface area contributed by atoms with E-state index in [-0.39, 0.29) is 5.04 Å². The van der Waals surface area contributed by atoms with E-state index in [0.717, 1.165) is 11.3 Å². The van der Waals surface area contributed by atoms with Crippen LogP contribution in [-0.4, -0.2) is 25.4 Å². The second-order valence-electron chi connectivity index (χ2n) is 6.66. The van der Waals surface area contributed by atoms with E-state index in [1.54, 1.807) is 0 Å². The SMILES string of the molecule is CC(C)(C)[Si](C)(C)Oc1ccc(C[C@H](N)C(=O)O)cc1. The Kier molecular flexibility index (Phi) is 4.99. The standard InChI is InChI=1S/C15H25NO3Si/c1-15(2,3)20(4,5)19-12-8-6-11(7-9-12)10-13(16)14(17)18/h6-9,13H,10,16H2,1-5H3,(H,17,18)/t13-/m0/s1. The van der Waals surface area contributed by atoms with Crippen molar-refractivity contribution in [2.75, 3.05) is 0 Å². The van der Waals surface area contributed by atoms with E-state index < -0.39 is 20.3 Å². The molecule has 0 spiro atoms. The molecule has 0 amide bonds. The van der Waals surface area contributed by atoms with Crippen molar-refractivity contribution in [3.63, 3.8) is 0 Å². The minimum atomic E-state index is -1.83. The van der Waals surface area contributed by atoms with E-state index in [4.69, 9.17) is 15.3 Å². The van der Waals surface area contributed by atoms with Crippen LogP contribution < -0.4 is 10.2 Å². The lowest BCUT2D eigenvalue weighted by molar-refractivity contribution is -0.138. The highest BCUT2D eigenvalue weighted by Gasteiger charge is 2.38. The minimum absolute atomic E-state index is 0.150. The molecule has 0 fully saturated rings. The van der Waals surface area contributed by atoms with Crippen molar-refractivity contribution in [2.24, 2.45) is 5.73 Å². The molecule has 0 heterocycles. The van der Waals surface area contributed by atoms with Crippen LogP contribution in [0.4, 0.5) is 0 Å². The lowest BCUT2D eigenvalue weighted by Gasteiger charge is -2.36. The lowest BCUT2D eigenvalue weighted by Crippen LogP contribution is -2.43. The molecule has 4 nitrogen and oxygen atoms in total. The van der Waals surface area contributed by atoms with E-state index in [1.807, 2.05) is 24.3 Å². The summed E-state index contributed by atoms with van der Waals surface area (Å²) in [4.78, 5) is 10.7. The zero-order valence-electron chi connectivity index (χ0n) is 12.9. The van der Waals surface area contributed by atoms with Crippen LogP contribution >= 0.6 is 0 Å². The van der Waals surface area contributed by atoms with Crippen LogP contribution in [0.2, 0.25) is 18.1 Å². The molecule has 1 rings (SSSR count). The van der Waals surface area contributed by atoms with Gasteiger partial charge in [0.2, 0.25) is 8.32 Å². The van der Waals surface area contributed by atoms with Gasteiger partial charge in [-0.1, -0.05) is 32.9 Å². The molecule has 1 aromatic rings. The summed E-state index contributed by atoms with van der Waals surface area (Å²) in [5.74, 6) is -0.143. The smallest absolute Gasteiger partial charge is 0.320 e. The van der Waals surface area contributed by atoms with Crippen LogP contribution in [-0.2, 0) is 11.2 Å². The summed E-state index contributed by atoms with van der Waals surface area (Å²) < 4.78 is 6.17. The van der Waals surface area contributed by atoms with Gasteiger partial charge in [0.25, 0.3) is 0 Å². The Labute approximate surface area is 122 Å². The molecule has 20 heavy (non-hydrogen) atoms. The first-order chi connectivity index (χ1) is 9.03. The highest BCUT2D eigenvalue weighted by atomic mass is 28.4. The molecule has 1 atom stereocenters. The van der Waals surface area contributed by atoms with E-state index in [1.165, 1.54) is 0 Å². The summed E-state index contributed by atoms with van der Waals surface area (Å²) in [6.07, 6.45) is 0.329. The fourth-order valence-electron chi connectivity index (χ4n) is 1.48. The number of rotatable bonds is 5. The molecule has 0 saturated carbocycles. The third-order valence-electron chi connectivity index (χ3n) is 3.88. The number of nitrogens with two attached hydrogens (primary N) is 1. The Balaban J connectivity index is 2.75. The molecule has 0 aliphatic carbocycles. The Morgan fingerprint density at radius 1 is 1.30 bits per heavy atom. The first-order valence-electron chi connectivity index (χ1n) is 6.79. The lowest BCUT2D eigenvalue weighted by atomic mass is 10.1. The highest BCUT2D eigenvalue weighted by Crippen LogP contribution is 2.37. The summed E-state index contributed by atoms with van der Waals surface area (Å²) >= 11 is 0. The third kappa shape index (κ3) is 4.35. The van der Waals surface area contributed by atoms with Gasteiger partial charge in [-0.05, 0) is 42.2 Å². The summed E-state index contributed by atoms with van der Waals surface area (Å²) in [6, 6.07) is 6.69. The summed E-state index contributed by atoms with van der Waals surface area (Å²) in [7, 11) is -1.83. The van der Waals surface area contributed by atoms with Crippen molar-refractivity contribution in [1.29, 1.82) is 0 Å². The molecule has 0 unspecified atom stereocenters. The first kappa shape index (κ1) is 16.7. The van der Waals surface area contributed by atoms with Crippen LogP contribution in [0.5, 0.6) is 5.75 Å². The van der Waals surface area contributed by atoms with Crippen LogP contribution in [0, 0.1) is 0 Å². The molecule has 5 heteroatoms. The molecule has 0 aromatic heterocycles. The fourth-order valence-corrected chi connectivity index (χ4v) is 2.51. The normalized spacial score (nSPS) is 13.9. The van der Waals surface area contributed by atoms with Crippen LogP contribution in [0.15, 0.2) is 24.3 Å². The van der Waals surface area contributed by atoms with Gasteiger partial charge in [-0.3, -0.25) is 4.79 Å². The zero-order valence-corrected chi connectivity index (χ0v) is 13.9. The maximum Gasteiger partial charge on any atom is 0.320 e. The van der Waals surface area contributed by atoms with Gasteiger partial charge in [0, 0.05) is 0 Å². The largest absolute Gasteiger partial charge is 0.544 e. The fraction of sp³-hybridized carbons (Fsp3) is 0.533. The molecule has 112 valence electrons. The molecular weight excluding hydrogens is 270 g/mol. The van der Waals surface area contributed by atoms with Crippen molar-refractivity contribution in [1.82, 2.24) is 0 Å². The topological polar surface area (TPSA) is 72.5 Å². The van der Waals surface area contributed by atoms with E-state index >= 15 is 0 Å². The summed E-state index contributed by atoms with van der Waals surface area (Å²) in [5.41, 5.74) is 6.43. The van der Waals surface area contributed by atoms with E-state index in [2.05, 4.69) is 33.9 Å². The second-order valence-corrected chi connectivity index (χ2v) is 11.4. The number of aliphatic carboxylic acids is 1. The molecule has 0 bridgehead atoms. The predicted molar refractivity (Wildman–Crippen MR) is 83.6 cm³/mol. The second kappa shape index (κ2) is 5.97. The molecular formula is C15H25NO3Si. The van der Waals surface area contributed by atoms with Gasteiger partial charge in [0.1, 0.15) is 11.8 Å². The first-order valence-corrected chi connectivity index (χ1v) is 9.70. The van der Waals surface area contributed by atoms with E-state index in [0.29, 0.717) is 6.42 Å². The van der Waals surface area contributed by atoms with Crippen molar-refractivity contribution < 1.29 is 14.3 Å². The maximum absolute atomic E-state index is 10.7. The number of carbonyl (C=O) groups is 1. The quantitative estimate of drug-likeness (QED) is 0.819. The Morgan fingerprint density at radius 2 is 1.80 bits per heavy atom. The number of carboxylic acids is 1. The minimum Gasteiger partial charge on any atom is -0.544 e. The molecule has 0 aliphatic heterocycles. The van der Waals surface area contributed by atoms with Crippen LogP contribution in [0.3, 0.4) is 0 Å². The predicted octanol–water partition coefficient (Wildman–Crippen LogP) is 3.03. The van der Waals surface area contributed by atoms with Gasteiger partial charge in [0.15, 0.2) is 0 Å². The number of benzene rings is 1. The Morgan fingerprint density at radius 3 is 2.20 bits per heavy atom. The Hall–Kier alpha value is -1.33. The number of hydrogen-bond acceptors (Lipinski definition) is 3. The highest BCUT2D eigenvalue weighted by molar-refractivity contribution is 6.74. The Bertz CT molecular complexity index is 463. The van der Waals surface area contributed by atoms with Crippen molar-refractivity contribution >= 4 is 14.3 Å². The van der Waals surface area contributed by atoms with Gasteiger partial charge in [0.05, 0.1) is 0 Å². The van der Waals surface area contributed by atoms with Crippen LogP contribution in [0.1, 0.15) is 26.3 Å².